The Labute approximate surface area is 187 Å². The lowest BCUT2D eigenvalue weighted by atomic mass is 9.74. The van der Waals surface area contributed by atoms with Crippen LogP contribution in [-0.2, 0) is 27.8 Å². The number of carbonyl (C=O) groups is 1. The predicted molar refractivity (Wildman–Crippen MR) is 120 cm³/mol. The smallest absolute Gasteiger partial charge is 0.227 e. The summed E-state index contributed by atoms with van der Waals surface area (Å²) in [6, 6.07) is 3.88. The average molecular weight is 464 g/mol. The number of amides is 1. The van der Waals surface area contributed by atoms with Crippen LogP contribution < -0.4 is 4.90 Å². The number of carbonyl (C=O) groups excluding carboxylic acids is 1. The van der Waals surface area contributed by atoms with Gasteiger partial charge in [0.1, 0.15) is 0 Å². The highest BCUT2D eigenvalue weighted by Crippen LogP contribution is 2.43. The molecule has 1 spiro atoms. The zero-order valence-electron chi connectivity index (χ0n) is 17.7. The van der Waals surface area contributed by atoms with Gasteiger partial charge in [-0.2, -0.15) is 5.10 Å². The molecule has 4 heterocycles. The number of H-pyrrole nitrogens is 1. The number of aromatic amines is 1. The quantitative estimate of drug-likeness (QED) is 0.733. The number of nitrogens with one attached hydrogen (secondary N) is 1. The van der Waals surface area contributed by atoms with Gasteiger partial charge in [-0.1, -0.05) is 11.6 Å². The fraction of sp³-hybridized carbons (Fsp3) is 0.524. The average Bonchev–Trinajstić information content (AvgIpc) is 3.13. The van der Waals surface area contributed by atoms with Crippen molar-refractivity contribution in [3.8, 4) is 11.3 Å². The molecule has 0 radical (unpaired) electrons. The van der Waals surface area contributed by atoms with Crippen LogP contribution in [0.5, 0.6) is 0 Å². The molecule has 3 aliphatic rings. The summed E-state index contributed by atoms with van der Waals surface area (Å²) < 4.78 is 25.6. The molecular formula is C21H26ClN5O3S. The summed E-state index contributed by atoms with van der Waals surface area (Å²) in [6.07, 6.45) is 3.00. The highest BCUT2D eigenvalue weighted by molar-refractivity contribution is 7.89. The zero-order chi connectivity index (χ0) is 22.0. The minimum absolute atomic E-state index is 0.102. The Morgan fingerprint density at radius 2 is 1.94 bits per heavy atom. The number of likely N-dealkylation sites (tertiary alicyclic amines) is 1. The maximum absolute atomic E-state index is 12.0. The van der Waals surface area contributed by atoms with E-state index in [0.29, 0.717) is 31.0 Å². The van der Waals surface area contributed by atoms with Crippen molar-refractivity contribution < 1.29 is 13.2 Å². The Bertz CT molecular complexity index is 1150. The molecule has 5 rings (SSSR count). The minimum atomic E-state index is -3.08. The molecule has 0 saturated carbocycles. The van der Waals surface area contributed by atoms with Gasteiger partial charge in [0.15, 0.2) is 0 Å². The van der Waals surface area contributed by atoms with Gasteiger partial charge in [-0.3, -0.25) is 14.8 Å². The summed E-state index contributed by atoms with van der Waals surface area (Å²) in [5, 5.41) is 8.09. The van der Waals surface area contributed by atoms with Crippen LogP contribution in [0.1, 0.15) is 24.5 Å². The van der Waals surface area contributed by atoms with Gasteiger partial charge in [0.2, 0.25) is 15.9 Å². The van der Waals surface area contributed by atoms with Gasteiger partial charge in [-0.15, -0.1) is 0 Å². The number of anilines is 1. The Kier molecular flexibility index (Phi) is 4.93. The van der Waals surface area contributed by atoms with Crippen LogP contribution in [0.2, 0.25) is 5.02 Å². The topological polar surface area (TPSA) is 89.6 Å². The second kappa shape index (κ2) is 7.30. The maximum atomic E-state index is 12.0. The van der Waals surface area contributed by atoms with Crippen LogP contribution in [0.4, 0.5) is 5.69 Å². The maximum Gasteiger partial charge on any atom is 0.227 e. The molecule has 31 heavy (non-hydrogen) atoms. The lowest BCUT2D eigenvalue weighted by molar-refractivity contribution is -0.118. The summed E-state index contributed by atoms with van der Waals surface area (Å²) >= 11 is 6.77. The van der Waals surface area contributed by atoms with Crippen molar-refractivity contribution in [2.45, 2.75) is 26.3 Å². The number of rotatable bonds is 5. The van der Waals surface area contributed by atoms with Gasteiger partial charge < -0.3 is 4.90 Å². The van der Waals surface area contributed by atoms with Gasteiger partial charge in [-0.25, -0.2) is 12.7 Å². The molecule has 10 heteroatoms. The predicted octanol–water partition coefficient (Wildman–Crippen LogP) is 2.11. The Hall–Kier alpha value is -1.94. The summed E-state index contributed by atoms with van der Waals surface area (Å²) in [5.74, 6) is 0.265. The number of nitrogens with zero attached hydrogens (tertiary/aromatic N) is 4. The first-order chi connectivity index (χ1) is 14.7. The van der Waals surface area contributed by atoms with Gasteiger partial charge in [-0.05, 0) is 31.0 Å². The number of hydrogen-bond donors (Lipinski definition) is 1. The lowest BCUT2D eigenvalue weighted by Gasteiger charge is -2.59. The van der Waals surface area contributed by atoms with Crippen LogP contribution in [0, 0.1) is 5.41 Å². The van der Waals surface area contributed by atoms with Crippen molar-refractivity contribution in [2.24, 2.45) is 5.41 Å². The Balaban J connectivity index is 1.30. The van der Waals surface area contributed by atoms with E-state index in [4.69, 9.17) is 11.6 Å². The van der Waals surface area contributed by atoms with E-state index >= 15 is 0 Å². The van der Waals surface area contributed by atoms with Crippen LogP contribution in [0.25, 0.3) is 11.3 Å². The molecule has 3 aliphatic heterocycles. The molecule has 166 valence electrons. The van der Waals surface area contributed by atoms with Crippen molar-refractivity contribution in [2.75, 3.05) is 43.9 Å². The minimum Gasteiger partial charge on any atom is -0.315 e. The molecule has 1 aromatic carbocycles. The zero-order valence-corrected chi connectivity index (χ0v) is 19.3. The van der Waals surface area contributed by atoms with Crippen molar-refractivity contribution >= 4 is 33.2 Å². The molecule has 2 fully saturated rings. The van der Waals surface area contributed by atoms with Crippen molar-refractivity contribution in [1.29, 1.82) is 0 Å². The van der Waals surface area contributed by atoms with E-state index in [1.807, 2.05) is 18.3 Å². The first kappa shape index (κ1) is 20.9. The van der Waals surface area contributed by atoms with E-state index in [-0.39, 0.29) is 17.1 Å². The number of hydrogen-bond acceptors (Lipinski definition) is 5. The molecule has 1 amide bonds. The van der Waals surface area contributed by atoms with Crippen LogP contribution in [0.3, 0.4) is 0 Å². The number of fused-ring (bicyclic) bond motifs is 1. The molecule has 2 saturated heterocycles. The number of halogens is 1. The lowest BCUT2D eigenvalue weighted by Crippen LogP contribution is -2.72. The third-order valence-corrected chi connectivity index (χ3v) is 9.02. The molecule has 0 aliphatic carbocycles. The van der Waals surface area contributed by atoms with Crippen molar-refractivity contribution in [1.82, 2.24) is 19.4 Å². The Morgan fingerprint density at radius 3 is 2.65 bits per heavy atom. The van der Waals surface area contributed by atoms with Gasteiger partial charge in [0.05, 0.1) is 16.5 Å². The normalized spacial score (nSPS) is 21.1. The first-order valence-corrected chi connectivity index (χ1v) is 12.5. The SMILES string of the molecule is CCS(=O)(=O)N1CC2(CN(Cc3c[nH]nc3-c3ccc4c(c3Cl)CCC(=O)N4C)C2)C1. The van der Waals surface area contributed by atoms with Crippen molar-refractivity contribution in [3.63, 3.8) is 0 Å². The third kappa shape index (κ3) is 3.38. The molecule has 1 N–H and O–H groups in total. The summed E-state index contributed by atoms with van der Waals surface area (Å²) in [5.41, 5.74) is 4.73. The van der Waals surface area contributed by atoms with Crippen LogP contribution >= 0.6 is 11.6 Å². The van der Waals surface area contributed by atoms with E-state index in [2.05, 4.69) is 15.1 Å². The van der Waals surface area contributed by atoms with E-state index in [9.17, 15) is 13.2 Å². The highest BCUT2D eigenvalue weighted by Gasteiger charge is 2.54. The molecule has 0 unspecified atom stereocenters. The van der Waals surface area contributed by atoms with Crippen molar-refractivity contribution in [3.05, 3.63) is 34.5 Å². The van der Waals surface area contributed by atoms with Crippen LogP contribution in [0.15, 0.2) is 18.3 Å². The number of sulfonamides is 1. The van der Waals surface area contributed by atoms with Gasteiger partial charge >= 0.3 is 0 Å². The van der Waals surface area contributed by atoms with E-state index < -0.39 is 10.0 Å². The molecule has 2 aromatic rings. The fourth-order valence-electron chi connectivity index (χ4n) is 5.08. The second-order valence-electron chi connectivity index (χ2n) is 8.95. The van der Waals surface area contributed by atoms with E-state index in [0.717, 1.165) is 47.7 Å². The third-order valence-electron chi connectivity index (χ3n) is 6.81. The highest BCUT2D eigenvalue weighted by atomic mass is 35.5. The fourth-order valence-corrected chi connectivity index (χ4v) is 6.73. The first-order valence-electron chi connectivity index (χ1n) is 10.5. The van der Waals surface area contributed by atoms with E-state index in [1.54, 1.807) is 23.2 Å². The monoisotopic (exact) mass is 463 g/mol. The summed E-state index contributed by atoms with van der Waals surface area (Å²) in [6.45, 7) is 5.45. The number of benzene rings is 1. The molecule has 0 atom stereocenters. The second-order valence-corrected chi connectivity index (χ2v) is 11.6. The van der Waals surface area contributed by atoms with Gasteiger partial charge in [0.25, 0.3) is 0 Å². The standard InChI is InChI=1S/C21H26ClN5O3S/c1-3-31(29,30)27-12-21(13-27)10-26(11-21)9-14-8-23-24-20(14)16-4-6-17-15(19(16)22)5-7-18(28)25(17)2/h4,6,8H,3,5,7,9-13H2,1-2H3,(H,23,24). The van der Waals surface area contributed by atoms with E-state index in [1.165, 1.54) is 0 Å². The van der Waals surface area contributed by atoms with Crippen LogP contribution in [-0.4, -0.2) is 72.7 Å². The largest absolute Gasteiger partial charge is 0.315 e. The molecule has 1 aromatic heterocycles. The Morgan fingerprint density at radius 1 is 1.19 bits per heavy atom. The van der Waals surface area contributed by atoms with Gasteiger partial charge in [0, 0.05) is 74.6 Å². The molecule has 8 nitrogen and oxygen atoms in total. The number of aromatic nitrogens is 2. The molecule has 0 bridgehead atoms. The summed E-state index contributed by atoms with van der Waals surface area (Å²) in [7, 11) is -1.30. The summed E-state index contributed by atoms with van der Waals surface area (Å²) in [4.78, 5) is 16.0. The molecular weight excluding hydrogens is 438 g/mol.